The Labute approximate surface area is 121 Å². The molecule has 0 radical (unpaired) electrons. The molecule has 2 rings (SSSR count). The normalized spacial score (nSPS) is 19.2. The second-order valence-electron chi connectivity index (χ2n) is 4.94. The van der Waals surface area contributed by atoms with Crippen molar-refractivity contribution in [1.82, 2.24) is 10.2 Å². The lowest BCUT2D eigenvalue weighted by molar-refractivity contribution is -0.189. The molecule has 1 aromatic carbocycles. The Morgan fingerprint density at radius 2 is 1.59 bits per heavy atom. The Balaban J connectivity index is 2.48. The van der Waals surface area contributed by atoms with Gasteiger partial charge in [-0.15, -0.1) is 0 Å². The third-order valence-electron chi connectivity index (χ3n) is 3.46. The van der Waals surface area contributed by atoms with Crippen molar-refractivity contribution < 1.29 is 30.7 Å². The van der Waals surface area contributed by atoms with Crippen LogP contribution in [0, 0.1) is 5.82 Å². The largest absolute Gasteiger partial charge is 0.419 e. The first-order valence-electron chi connectivity index (χ1n) is 6.49. The van der Waals surface area contributed by atoms with E-state index < -0.39 is 35.3 Å². The van der Waals surface area contributed by atoms with Gasteiger partial charge in [-0.1, -0.05) is 12.1 Å². The second-order valence-corrected chi connectivity index (χ2v) is 4.94. The molecule has 0 bridgehead atoms. The first-order valence-corrected chi connectivity index (χ1v) is 6.49. The van der Waals surface area contributed by atoms with Gasteiger partial charge in [0.25, 0.3) is 0 Å². The lowest BCUT2D eigenvalue weighted by atomic mass is 10.00. The molecule has 124 valence electrons. The number of halogens is 7. The van der Waals surface area contributed by atoms with Gasteiger partial charge in [0.2, 0.25) is 0 Å². The predicted molar refractivity (Wildman–Crippen MR) is 64.6 cm³/mol. The van der Waals surface area contributed by atoms with E-state index in [1.165, 1.54) is 0 Å². The predicted octanol–water partition coefficient (Wildman–Crippen LogP) is 3.35. The van der Waals surface area contributed by atoms with Gasteiger partial charge >= 0.3 is 12.4 Å². The van der Waals surface area contributed by atoms with Crippen molar-refractivity contribution in [2.24, 2.45) is 0 Å². The molecule has 1 fully saturated rings. The maximum atomic E-state index is 14.0. The summed E-state index contributed by atoms with van der Waals surface area (Å²) in [6, 6.07) is -0.409. The van der Waals surface area contributed by atoms with Gasteiger partial charge in [-0.05, 0) is 6.07 Å². The molecular weight excluding hydrogens is 317 g/mol. The highest BCUT2D eigenvalue weighted by Crippen LogP contribution is 2.41. The molecule has 0 saturated carbocycles. The van der Waals surface area contributed by atoms with Crippen LogP contribution < -0.4 is 5.32 Å². The summed E-state index contributed by atoms with van der Waals surface area (Å²) in [4.78, 5) is 0.940. The summed E-state index contributed by atoms with van der Waals surface area (Å²) in [6.07, 6.45) is -9.91. The number of hydrogen-bond acceptors (Lipinski definition) is 2. The van der Waals surface area contributed by atoms with Crippen LogP contribution in [0.1, 0.15) is 17.2 Å². The lowest BCUT2D eigenvalue weighted by Gasteiger charge is -2.36. The molecule has 1 N–H and O–H groups in total. The van der Waals surface area contributed by atoms with Crippen LogP contribution >= 0.6 is 0 Å². The molecule has 0 aliphatic carbocycles. The van der Waals surface area contributed by atoms with Gasteiger partial charge in [-0.25, -0.2) is 4.39 Å². The summed E-state index contributed by atoms with van der Waals surface area (Å²) >= 11 is 0. The number of alkyl halides is 6. The van der Waals surface area contributed by atoms with Crippen molar-refractivity contribution in [3.63, 3.8) is 0 Å². The van der Waals surface area contributed by atoms with Gasteiger partial charge in [0.05, 0.1) is 5.56 Å². The molecule has 1 aliphatic rings. The molecular formula is C13H13F7N2. The SMILES string of the molecule is Fc1c([C@H](N2CCNCC2)C(F)(F)F)cccc1C(F)(F)F. The average molecular weight is 330 g/mol. The zero-order chi connectivity index (χ0) is 16.5. The quantitative estimate of drug-likeness (QED) is 0.837. The smallest absolute Gasteiger partial charge is 0.314 e. The van der Waals surface area contributed by atoms with E-state index in [1.54, 1.807) is 0 Å². The van der Waals surface area contributed by atoms with E-state index in [1.807, 2.05) is 0 Å². The standard InChI is InChI=1S/C13H13F7N2/c14-10-8(2-1-3-9(10)12(15,16)17)11(13(18,19)20)22-6-4-21-5-7-22/h1-3,11,21H,4-7H2/t11-/m0/s1. The summed E-state index contributed by atoms with van der Waals surface area (Å²) in [5, 5.41) is 2.84. The molecule has 9 heteroatoms. The van der Waals surface area contributed by atoms with Gasteiger partial charge < -0.3 is 5.32 Å². The fraction of sp³-hybridized carbons (Fsp3) is 0.538. The van der Waals surface area contributed by atoms with E-state index in [-0.39, 0.29) is 26.2 Å². The summed E-state index contributed by atoms with van der Waals surface area (Å²) in [7, 11) is 0. The number of piperazine rings is 1. The molecule has 1 saturated heterocycles. The molecule has 22 heavy (non-hydrogen) atoms. The summed E-state index contributed by atoms with van der Waals surface area (Å²) in [5.74, 6) is -1.86. The van der Waals surface area contributed by atoms with E-state index in [4.69, 9.17) is 0 Å². The Hall–Kier alpha value is -1.35. The molecule has 0 unspecified atom stereocenters. The van der Waals surface area contributed by atoms with Crippen LogP contribution in [0.2, 0.25) is 0 Å². The van der Waals surface area contributed by atoms with Crippen molar-refractivity contribution in [3.05, 3.63) is 35.1 Å². The van der Waals surface area contributed by atoms with Crippen molar-refractivity contribution >= 4 is 0 Å². The van der Waals surface area contributed by atoms with E-state index in [2.05, 4.69) is 5.32 Å². The molecule has 1 aromatic rings. The van der Waals surface area contributed by atoms with Gasteiger partial charge in [-0.3, -0.25) is 4.90 Å². The van der Waals surface area contributed by atoms with Gasteiger partial charge in [-0.2, -0.15) is 26.3 Å². The lowest BCUT2D eigenvalue weighted by Crippen LogP contribution is -2.49. The number of benzene rings is 1. The Kier molecular flexibility index (Phi) is 4.67. The fourth-order valence-electron chi connectivity index (χ4n) is 2.50. The minimum atomic E-state index is -5.04. The topological polar surface area (TPSA) is 15.3 Å². The number of rotatable bonds is 2. The summed E-state index contributed by atoms with van der Waals surface area (Å²) in [5.41, 5.74) is -2.68. The number of nitrogens with zero attached hydrogens (tertiary/aromatic N) is 1. The fourth-order valence-corrected chi connectivity index (χ4v) is 2.50. The minimum Gasteiger partial charge on any atom is -0.314 e. The second kappa shape index (κ2) is 6.04. The Morgan fingerprint density at radius 3 is 2.09 bits per heavy atom. The number of hydrogen-bond donors (Lipinski definition) is 1. The highest BCUT2D eigenvalue weighted by atomic mass is 19.4. The zero-order valence-electron chi connectivity index (χ0n) is 11.2. The van der Waals surface area contributed by atoms with E-state index in [0.29, 0.717) is 6.07 Å². The maximum absolute atomic E-state index is 14.0. The summed E-state index contributed by atoms with van der Waals surface area (Å²) < 4.78 is 92.0. The molecule has 0 amide bonds. The molecule has 2 nitrogen and oxygen atoms in total. The van der Waals surface area contributed by atoms with E-state index in [0.717, 1.165) is 17.0 Å². The van der Waals surface area contributed by atoms with Crippen molar-refractivity contribution in [3.8, 4) is 0 Å². The zero-order valence-corrected chi connectivity index (χ0v) is 11.2. The van der Waals surface area contributed by atoms with E-state index in [9.17, 15) is 30.7 Å². The van der Waals surface area contributed by atoms with Crippen molar-refractivity contribution in [2.45, 2.75) is 18.4 Å². The van der Waals surface area contributed by atoms with Crippen LogP contribution in [0.15, 0.2) is 18.2 Å². The first kappa shape index (κ1) is 17.0. The minimum absolute atomic E-state index is 0.0279. The molecule has 0 spiro atoms. The maximum Gasteiger partial charge on any atom is 0.419 e. The molecule has 1 heterocycles. The van der Waals surface area contributed by atoms with Crippen LogP contribution in [0.25, 0.3) is 0 Å². The Bertz CT molecular complexity index is 518. The average Bonchev–Trinajstić information content (AvgIpc) is 2.39. The molecule has 0 aromatic heterocycles. The highest BCUT2D eigenvalue weighted by Gasteiger charge is 2.47. The Morgan fingerprint density at radius 1 is 1.00 bits per heavy atom. The van der Waals surface area contributed by atoms with Gasteiger partial charge in [0, 0.05) is 31.7 Å². The van der Waals surface area contributed by atoms with Crippen LogP contribution in [-0.2, 0) is 6.18 Å². The third-order valence-corrected chi connectivity index (χ3v) is 3.46. The van der Waals surface area contributed by atoms with Crippen molar-refractivity contribution in [2.75, 3.05) is 26.2 Å². The third kappa shape index (κ3) is 3.52. The van der Waals surface area contributed by atoms with Crippen LogP contribution in [0.5, 0.6) is 0 Å². The summed E-state index contributed by atoms with van der Waals surface area (Å²) in [6.45, 7) is 0.458. The van der Waals surface area contributed by atoms with Crippen molar-refractivity contribution in [1.29, 1.82) is 0 Å². The monoisotopic (exact) mass is 330 g/mol. The van der Waals surface area contributed by atoms with Gasteiger partial charge in [0.15, 0.2) is 0 Å². The molecule has 1 aliphatic heterocycles. The highest BCUT2D eigenvalue weighted by molar-refractivity contribution is 5.31. The van der Waals surface area contributed by atoms with Gasteiger partial charge in [0.1, 0.15) is 11.9 Å². The van der Waals surface area contributed by atoms with Crippen LogP contribution in [-0.4, -0.2) is 37.3 Å². The van der Waals surface area contributed by atoms with Crippen LogP contribution in [0.3, 0.4) is 0 Å². The number of nitrogens with one attached hydrogen (secondary N) is 1. The van der Waals surface area contributed by atoms with Crippen LogP contribution in [0.4, 0.5) is 30.7 Å². The first-order chi connectivity index (χ1) is 10.1. The molecule has 1 atom stereocenters. The van der Waals surface area contributed by atoms with E-state index >= 15 is 0 Å².